The summed E-state index contributed by atoms with van der Waals surface area (Å²) in [6.07, 6.45) is 28.9. The summed E-state index contributed by atoms with van der Waals surface area (Å²) in [7, 11) is 0. The molecule has 6 atom stereocenters. The summed E-state index contributed by atoms with van der Waals surface area (Å²) in [4.78, 5) is 57.7. The Morgan fingerprint density at radius 2 is 0.462 bits per heavy atom. The lowest BCUT2D eigenvalue weighted by molar-refractivity contribution is 0.265. The fourth-order valence-corrected chi connectivity index (χ4v) is 13.1. The number of benzene rings is 7. The Morgan fingerprint density at radius 3 is 0.706 bits per heavy atom. The van der Waals surface area contributed by atoms with Gasteiger partial charge in [-0.3, -0.25) is 59.9 Å². The smallest absolute Gasteiger partial charge is 0.138 e. The Bertz CT molecular complexity index is 5270. The fourth-order valence-electron chi connectivity index (χ4n) is 13.1. The molecule has 0 fully saturated rings. The van der Waals surface area contributed by atoms with Gasteiger partial charge in [-0.15, -0.1) is 0 Å². The van der Waals surface area contributed by atoms with Gasteiger partial charge < -0.3 is 28.4 Å². The van der Waals surface area contributed by atoms with Gasteiger partial charge in [0.05, 0.1) is 134 Å². The van der Waals surface area contributed by atoms with Crippen molar-refractivity contribution in [3.63, 3.8) is 0 Å². The molecule has 0 aliphatic rings. The van der Waals surface area contributed by atoms with Crippen LogP contribution in [0.2, 0.25) is 0 Å². The van der Waals surface area contributed by atoms with E-state index in [-0.39, 0.29) is 36.3 Å². The highest BCUT2D eigenvalue weighted by Crippen LogP contribution is 2.33. The van der Waals surface area contributed by atoms with Crippen molar-refractivity contribution in [2.75, 3.05) is 26.4 Å². The van der Waals surface area contributed by atoms with Crippen molar-refractivity contribution in [3.8, 4) is 34.5 Å². The Labute approximate surface area is 698 Å². The van der Waals surface area contributed by atoms with E-state index < -0.39 is 0 Å². The maximum atomic E-state index is 6.20. The number of ether oxygens (including phenoxy) is 6. The number of unbranched alkanes of at least 4 members (excludes halogenated alkanes) is 3. The van der Waals surface area contributed by atoms with Crippen LogP contribution >= 0.6 is 0 Å². The van der Waals surface area contributed by atoms with Gasteiger partial charge >= 0.3 is 0 Å². The van der Waals surface area contributed by atoms with Crippen LogP contribution in [-0.2, 0) is 13.2 Å². The molecule has 0 bridgehead atoms. The molecular weight excluding hydrogens is 1480 g/mol. The van der Waals surface area contributed by atoms with Gasteiger partial charge in [0.15, 0.2) is 0 Å². The first kappa shape index (κ1) is 83.2. The molecule has 119 heavy (non-hydrogen) atoms. The Balaban J connectivity index is 0.516. The highest BCUT2D eigenvalue weighted by atomic mass is 16.5. The number of pyridine rings is 6. The second-order valence-corrected chi connectivity index (χ2v) is 28.8. The number of hydrogen-bond acceptors (Lipinski definition) is 18. The van der Waals surface area contributed by atoms with Crippen molar-refractivity contribution in [3.05, 3.63) is 395 Å². The number of hydrogen-bond donors (Lipinski definition) is 0. The van der Waals surface area contributed by atoms with Crippen molar-refractivity contribution in [2.45, 2.75) is 121 Å². The van der Waals surface area contributed by atoms with Gasteiger partial charge in [0.2, 0.25) is 0 Å². The van der Waals surface area contributed by atoms with E-state index in [0.29, 0.717) is 62.6 Å². The van der Waals surface area contributed by atoms with E-state index in [1.807, 2.05) is 183 Å². The zero-order valence-corrected chi connectivity index (χ0v) is 67.4. The third kappa shape index (κ3) is 28.0. The van der Waals surface area contributed by atoms with Crippen molar-refractivity contribution in [2.24, 2.45) is 30.0 Å². The Hall–Kier alpha value is -13.7. The Kier molecular flexibility index (Phi) is 32.2. The summed E-state index contributed by atoms with van der Waals surface area (Å²) in [5, 5.41) is 0. The van der Waals surface area contributed by atoms with Crippen LogP contribution in [-0.4, -0.2) is 93.6 Å². The molecule has 0 N–H and O–H groups in total. The number of rotatable bonds is 45. The van der Waals surface area contributed by atoms with Crippen molar-refractivity contribution in [1.82, 2.24) is 29.9 Å². The van der Waals surface area contributed by atoms with Crippen LogP contribution in [0.4, 0.5) is 0 Å². The molecule has 600 valence electrons. The summed E-state index contributed by atoms with van der Waals surface area (Å²) in [5.74, 6) is 4.20. The van der Waals surface area contributed by atoms with Crippen LogP contribution in [0.5, 0.6) is 34.5 Å². The van der Waals surface area contributed by atoms with Crippen molar-refractivity contribution < 1.29 is 28.4 Å². The highest BCUT2D eigenvalue weighted by molar-refractivity contribution is 5.80. The maximum absolute atomic E-state index is 6.20. The third-order valence-electron chi connectivity index (χ3n) is 19.9. The number of aromatic nitrogens is 6. The maximum Gasteiger partial charge on any atom is 0.138 e. The van der Waals surface area contributed by atoms with Gasteiger partial charge in [-0.1, -0.05) is 200 Å². The van der Waals surface area contributed by atoms with E-state index in [1.165, 1.54) is 5.56 Å². The number of aliphatic imine (C=N–C) groups is 6. The van der Waals surface area contributed by atoms with Gasteiger partial charge in [0, 0.05) is 37.3 Å². The summed E-state index contributed by atoms with van der Waals surface area (Å²) < 4.78 is 36.6. The molecule has 0 aliphatic carbocycles. The lowest BCUT2D eigenvalue weighted by atomic mass is 9.96. The first-order chi connectivity index (χ1) is 58.8. The van der Waals surface area contributed by atoms with E-state index in [2.05, 4.69) is 166 Å². The molecule has 13 rings (SSSR count). The first-order valence-corrected chi connectivity index (χ1v) is 40.9. The van der Waals surface area contributed by atoms with Gasteiger partial charge in [-0.2, -0.15) is 0 Å². The minimum atomic E-state index is -0.132. The molecule has 6 heterocycles. The lowest BCUT2D eigenvalue weighted by Gasteiger charge is -2.17. The SMILES string of the molecule is CC(N=Cc1ccc(OCCCCCOc2ccc(C=NC(CCC(N=Cc3ccc(OCCCCOc4ccc(C=NC(CCC(N=Cc5ccc(OCc6cccc(COc7ccc(C=NC(C)c8ccccc8)nc7)c6)cn5)c5ccccc5)c5ccccc5)nc4)cn3)c3ccccc3)c3ccccc3)nc2)cn1)c1ccccc1. The van der Waals surface area contributed by atoms with Crippen LogP contribution in [0.1, 0.15) is 187 Å². The standard InChI is InChI=1S/C101H100N12O6/c1-76(80-29-10-3-11-30-80)102-62-86-41-47-92(68-104-86)114-57-22-9-23-58-115-93-48-42-88(105-69-93)64-110-98(82-33-14-5-15-34-82)53-54-99(83-35-16-6-17-36-83)111-65-89-43-49-94(70-106-89)116-59-24-25-60-117-95-50-44-90(107-71-95)66-112-100(84-37-18-7-19-38-84)55-56-101(85-39-20-8-21-40-85)113-67-91-46-52-97(73-109-91)119-75-79-28-26-27-78(61-79)74-118-96-51-45-87(108-72-96)63-103-77(2)81-31-12-4-13-32-81/h3-8,10-21,26-52,61-73,76-77,98-101H,9,22-25,53-60,74-75H2,1-2H3. The zero-order chi connectivity index (χ0) is 81.4. The monoisotopic (exact) mass is 1580 g/mol. The summed E-state index contributed by atoms with van der Waals surface area (Å²) >= 11 is 0. The number of nitrogens with zero attached hydrogens (tertiary/aromatic N) is 12. The minimum absolute atomic E-state index is 0.0407. The topological polar surface area (TPSA) is 207 Å². The summed E-state index contributed by atoms with van der Waals surface area (Å²) in [6, 6.07) is 93.0. The Morgan fingerprint density at radius 1 is 0.235 bits per heavy atom. The van der Waals surface area contributed by atoms with Gasteiger partial charge in [0.25, 0.3) is 0 Å². The van der Waals surface area contributed by atoms with Crippen LogP contribution in [0, 0.1) is 0 Å². The molecule has 18 nitrogen and oxygen atoms in total. The van der Waals surface area contributed by atoms with E-state index in [1.54, 1.807) is 43.4 Å². The highest BCUT2D eigenvalue weighted by Gasteiger charge is 2.19. The molecule has 0 amide bonds. The summed E-state index contributed by atoms with van der Waals surface area (Å²) in [5.41, 5.74) is 13.4. The van der Waals surface area contributed by atoms with Crippen LogP contribution in [0.25, 0.3) is 0 Å². The second-order valence-electron chi connectivity index (χ2n) is 28.8. The van der Waals surface area contributed by atoms with Crippen LogP contribution in [0.15, 0.2) is 346 Å². The van der Waals surface area contributed by atoms with Crippen molar-refractivity contribution >= 4 is 37.3 Å². The molecule has 7 aromatic carbocycles. The molecule has 0 radical (unpaired) electrons. The molecule has 6 unspecified atom stereocenters. The molecule has 0 saturated carbocycles. The van der Waals surface area contributed by atoms with E-state index in [9.17, 15) is 0 Å². The average Bonchev–Trinajstić information content (AvgIpc) is 0.866. The molecule has 6 aromatic heterocycles. The molecule has 0 spiro atoms. The van der Waals surface area contributed by atoms with Crippen molar-refractivity contribution in [1.29, 1.82) is 0 Å². The lowest BCUT2D eigenvalue weighted by Crippen LogP contribution is -2.04. The largest absolute Gasteiger partial charge is 0.492 e. The molecule has 0 saturated heterocycles. The van der Waals surface area contributed by atoms with Crippen LogP contribution in [0.3, 0.4) is 0 Å². The van der Waals surface area contributed by atoms with Gasteiger partial charge in [0.1, 0.15) is 47.7 Å². The fraction of sp³-hybridized carbons (Fsp3) is 0.228. The van der Waals surface area contributed by atoms with Gasteiger partial charge in [-0.05, 0) is 195 Å². The molecule has 18 heteroatoms. The molecule has 13 aromatic rings. The average molecular weight is 1580 g/mol. The summed E-state index contributed by atoms with van der Waals surface area (Å²) in [6.45, 7) is 7.15. The van der Waals surface area contributed by atoms with E-state index in [0.717, 1.165) is 142 Å². The second kappa shape index (κ2) is 46.1. The molecular formula is C101H100N12O6. The van der Waals surface area contributed by atoms with Gasteiger partial charge in [-0.25, -0.2) is 0 Å². The third-order valence-corrected chi connectivity index (χ3v) is 19.9. The van der Waals surface area contributed by atoms with E-state index >= 15 is 0 Å². The first-order valence-electron chi connectivity index (χ1n) is 40.9. The van der Waals surface area contributed by atoms with E-state index in [4.69, 9.17) is 63.3 Å². The molecule has 0 aliphatic heterocycles. The quantitative estimate of drug-likeness (QED) is 0.0258. The van der Waals surface area contributed by atoms with Crippen LogP contribution < -0.4 is 28.4 Å². The predicted octanol–water partition coefficient (Wildman–Crippen LogP) is 22.0. The predicted molar refractivity (Wildman–Crippen MR) is 476 cm³/mol. The normalized spacial score (nSPS) is 13.2. The minimum Gasteiger partial charge on any atom is -0.492 e. The zero-order valence-electron chi connectivity index (χ0n) is 67.4.